The molecule has 1 nitrogen and oxygen atoms in total. The molecule has 0 radical (unpaired) electrons. The molecular weight excluding hydrogens is 262 g/mol. The maximum atomic E-state index is 3.71. The lowest BCUT2D eigenvalue weighted by Crippen LogP contribution is -2.37. The number of anilines is 1. The van der Waals surface area contributed by atoms with Crippen molar-refractivity contribution in [1.82, 2.24) is 0 Å². The minimum Gasteiger partial charge on any atom is -0.381 e. The van der Waals surface area contributed by atoms with E-state index in [9.17, 15) is 0 Å². The molecule has 16 heavy (non-hydrogen) atoms. The van der Waals surface area contributed by atoms with Crippen LogP contribution in [0.3, 0.4) is 0 Å². The maximum absolute atomic E-state index is 3.71. The lowest BCUT2D eigenvalue weighted by Gasteiger charge is -2.37. The number of benzene rings is 1. The average molecular weight is 282 g/mol. The number of aryl methyl sites for hydroxylation is 2. The second kappa shape index (κ2) is 4.06. The fourth-order valence-electron chi connectivity index (χ4n) is 2.41. The number of rotatable bonds is 0. The van der Waals surface area contributed by atoms with Crippen molar-refractivity contribution in [1.29, 1.82) is 0 Å². The molecule has 0 aliphatic carbocycles. The second-order valence-electron chi connectivity index (χ2n) is 5.86. The highest BCUT2D eigenvalue weighted by Gasteiger charge is 2.28. The molecule has 1 heterocycles. The van der Waals surface area contributed by atoms with Gasteiger partial charge in [-0.15, -0.1) is 0 Å². The summed E-state index contributed by atoms with van der Waals surface area (Å²) < 4.78 is 1.19. The van der Waals surface area contributed by atoms with Crippen LogP contribution in [0, 0.1) is 12.3 Å². The largest absolute Gasteiger partial charge is 0.381 e. The zero-order valence-corrected chi connectivity index (χ0v) is 12.1. The first-order chi connectivity index (χ1) is 7.38. The third kappa shape index (κ3) is 2.27. The third-order valence-electron chi connectivity index (χ3n) is 3.45. The molecule has 0 fully saturated rings. The molecule has 2 heteroatoms. The molecule has 1 aromatic carbocycles. The quantitative estimate of drug-likeness (QED) is 0.737. The van der Waals surface area contributed by atoms with Crippen molar-refractivity contribution < 1.29 is 0 Å². The summed E-state index contributed by atoms with van der Waals surface area (Å²) >= 11 is 3.57. The smallest absolute Gasteiger partial charge is 0.0405 e. The van der Waals surface area contributed by atoms with Crippen LogP contribution in [0.4, 0.5) is 5.69 Å². The van der Waals surface area contributed by atoms with E-state index in [0.717, 1.165) is 0 Å². The van der Waals surface area contributed by atoms with Gasteiger partial charge >= 0.3 is 0 Å². The topological polar surface area (TPSA) is 12.0 Å². The van der Waals surface area contributed by atoms with E-state index in [4.69, 9.17) is 0 Å². The van der Waals surface area contributed by atoms with Gasteiger partial charge in [0.1, 0.15) is 0 Å². The minimum atomic E-state index is 0.331. The first-order valence-electron chi connectivity index (χ1n) is 5.93. The molecule has 1 N–H and O–H groups in total. The van der Waals surface area contributed by atoms with Crippen molar-refractivity contribution in [3.05, 3.63) is 27.7 Å². The van der Waals surface area contributed by atoms with E-state index in [0.29, 0.717) is 11.5 Å². The van der Waals surface area contributed by atoms with Crippen LogP contribution in [0.5, 0.6) is 0 Å². The second-order valence-corrected chi connectivity index (χ2v) is 6.77. The molecule has 2 rings (SSSR count). The summed E-state index contributed by atoms with van der Waals surface area (Å²) in [7, 11) is 0. The summed E-state index contributed by atoms with van der Waals surface area (Å²) in [5, 5.41) is 3.71. The summed E-state index contributed by atoms with van der Waals surface area (Å²) in [4.78, 5) is 0. The summed E-state index contributed by atoms with van der Waals surface area (Å²) in [6, 6.07) is 5.02. The zero-order chi connectivity index (χ0) is 11.9. The van der Waals surface area contributed by atoms with Crippen molar-refractivity contribution in [3.8, 4) is 0 Å². The predicted octanol–water partition coefficient (Wildman–Crippen LogP) is 4.53. The van der Waals surface area contributed by atoms with Gasteiger partial charge in [-0.25, -0.2) is 0 Å². The molecule has 0 aromatic heterocycles. The van der Waals surface area contributed by atoms with Gasteiger partial charge in [0.15, 0.2) is 0 Å². The fraction of sp³-hybridized carbons (Fsp3) is 0.571. The monoisotopic (exact) mass is 281 g/mol. The van der Waals surface area contributed by atoms with Crippen LogP contribution in [0.25, 0.3) is 0 Å². The number of hydrogen-bond donors (Lipinski definition) is 1. The molecule has 1 unspecified atom stereocenters. The lowest BCUT2D eigenvalue weighted by atomic mass is 9.80. The molecule has 0 bridgehead atoms. The molecule has 1 aliphatic rings. The molecule has 0 amide bonds. The van der Waals surface area contributed by atoms with Gasteiger partial charge in [-0.3, -0.25) is 0 Å². The van der Waals surface area contributed by atoms with E-state index >= 15 is 0 Å². The van der Waals surface area contributed by atoms with Gasteiger partial charge in [0.05, 0.1) is 0 Å². The van der Waals surface area contributed by atoms with Gasteiger partial charge in [-0.1, -0.05) is 36.7 Å². The number of hydrogen-bond acceptors (Lipinski definition) is 1. The number of halogens is 1. The minimum absolute atomic E-state index is 0.331. The van der Waals surface area contributed by atoms with Gasteiger partial charge in [0.25, 0.3) is 0 Å². The van der Waals surface area contributed by atoms with Gasteiger partial charge in [-0.2, -0.15) is 0 Å². The molecule has 1 atom stereocenters. The van der Waals surface area contributed by atoms with E-state index in [1.165, 1.54) is 34.1 Å². The Labute approximate surface area is 107 Å². The highest BCUT2D eigenvalue weighted by Crippen LogP contribution is 2.36. The highest BCUT2D eigenvalue weighted by atomic mass is 79.9. The molecule has 88 valence electrons. The normalized spacial score (nSPS) is 20.2. The molecule has 0 saturated heterocycles. The molecule has 0 spiro atoms. The van der Waals surface area contributed by atoms with E-state index in [1.54, 1.807) is 0 Å². The van der Waals surface area contributed by atoms with Crippen LogP contribution in [-0.2, 0) is 6.42 Å². The van der Waals surface area contributed by atoms with Gasteiger partial charge in [0, 0.05) is 16.2 Å². The summed E-state index contributed by atoms with van der Waals surface area (Å²) in [6.07, 6.45) is 2.41. The predicted molar refractivity (Wildman–Crippen MR) is 74.1 cm³/mol. The summed E-state index contributed by atoms with van der Waals surface area (Å²) in [6.45, 7) is 9.11. The standard InChI is InChI=1S/C14H20BrN/c1-9-7-11(15)8-10-5-6-12(14(2,3)4)16-13(9)10/h7-8,12,16H,5-6H2,1-4H3. The third-order valence-corrected chi connectivity index (χ3v) is 3.91. The Morgan fingerprint density at radius 3 is 2.62 bits per heavy atom. The molecule has 0 saturated carbocycles. The SMILES string of the molecule is Cc1cc(Br)cc2c1NC(C(C)(C)C)CC2. The maximum Gasteiger partial charge on any atom is 0.0405 e. The number of fused-ring (bicyclic) bond motifs is 1. The van der Waals surface area contributed by atoms with Crippen LogP contribution >= 0.6 is 15.9 Å². The van der Waals surface area contributed by atoms with Crippen LogP contribution in [0.1, 0.15) is 38.3 Å². The van der Waals surface area contributed by atoms with Gasteiger partial charge < -0.3 is 5.32 Å². The summed E-state index contributed by atoms with van der Waals surface area (Å²) in [5.74, 6) is 0. The van der Waals surface area contributed by atoms with Crippen molar-refractivity contribution in [2.24, 2.45) is 5.41 Å². The number of nitrogens with one attached hydrogen (secondary N) is 1. The zero-order valence-electron chi connectivity index (χ0n) is 10.5. The Balaban J connectivity index is 2.34. The van der Waals surface area contributed by atoms with Crippen LogP contribution < -0.4 is 5.32 Å². The van der Waals surface area contributed by atoms with Crippen molar-refractivity contribution >= 4 is 21.6 Å². The first kappa shape index (κ1) is 12.0. The van der Waals surface area contributed by atoms with Crippen LogP contribution in [0.15, 0.2) is 16.6 Å². The Bertz CT molecular complexity index is 404. The van der Waals surface area contributed by atoms with E-state index in [-0.39, 0.29) is 0 Å². The van der Waals surface area contributed by atoms with E-state index in [1.807, 2.05) is 0 Å². The fourth-order valence-corrected chi connectivity index (χ4v) is 3.03. The van der Waals surface area contributed by atoms with Crippen molar-refractivity contribution in [3.63, 3.8) is 0 Å². The summed E-state index contributed by atoms with van der Waals surface area (Å²) in [5.41, 5.74) is 4.48. The average Bonchev–Trinajstić information content (AvgIpc) is 2.15. The first-order valence-corrected chi connectivity index (χ1v) is 6.73. The van der Waals surface area contributed by atoms with Crippen molar-refractivity contribution in [2.75, 3.05) is 5.32 Å². The van der Waals surface area contributed by atoms with E-state index < -0.39 is 0 Å². The Kier molecular flexibility index (Phi) is 3.04. The Hall–Kier alpha value is -0.500. The van der Waals surface area contributed by atoms with Crippen molar-refractivity contribution in [2.45, 2.75) is 46.6 Å². The molecule has 1 aromatic rings. The van der Waals surface area contributed by atoms with E-state index in [2.05, 4.69) is 61.1 Å². The van der Waals surface area contributed by atoms with Gasteiger partial charge in [-0.05, 0) is 48.4 Å². The lowest BCUT2D eigenvalue weighted by molar-refractivity contribution is 0.321. The Morgan fingerprint density at radius 2 is 2.00 bits per heavy atom. The van der Waals surface area contributed by atoms with Crippen LogP contribution in [0.2, 0.25) is 0 Å². The van der Waals surface area contributed by atoms with Crippen LogP contribution in [-0.4, -0.2) is 6.04 Å². The molecular formula is C14H20BrN. The Morgan fingerprint density at radius 1 is 1.31 bits per heavy atom. The highest BCUT2D eigenvalue weighted by molar-refractivity contribution is 9.10. The molecule has 1 aliphatic heterocycles. The van der Waals surface area contributed by atoms with Gasteiger partial charge in [0.2, 0.25) is 0 Å².